The number of allylic oxidation sites excluding steroid dienone is 5. The van der Waals surface area contributed by atoms with E-state index in [-0.39, 0.29) is 55.2 Å². The van der Waals surface area contributed by atoms with E-state index < -0.39 is 42.2 Å². The molecule has 2 heterocycles. The third kappa shape index (κ3) is 9.57. The fourth-order valence-electron chi connectivity index (χ4n) is 4.08. The third-order valence-corrected chi connectivity index (χ3v) is 5.70. The van der Waals surface area contributed by atoms with Crippen LogP contribution in [0.15, 0.2) is 64.4 Å². The molecule has 13 heteroatoms. The summed E-state index contributed by atoms with van der Waals surface area (Å²) in [6.07, 6.45) is -0.909. The smallest absolute Gasteiger partial charge is 0.405 e. The minimum atomic E-state index is -4.53. The second-order valence-corrected chi connectivity index (χ2v) is 8.89. The lowest BCUT2D eigenvalue weighted by Gasteiger charge is -2.39. The zero-order valence-corrected chi connectivity index (χ0v) is 21.9. The molecule has 0 radical (unpaired) electrons. The molecule has 2 rings (SSSR count). The summed E-state index contributed by atoms with van der Waals surface area (Å²) in [7, 11) is 1.37. The topological polar surface area (TPSA) is 84.0 Å². The SMILES string of the molecule is C=N/C(=C1/CN(C(=O)CC(N)CC(/C=C(\C)F)=C(F)/C=C(\C)F)CCN1CC(F)(F)F)c1ccncc1OC. The van der Waals surface area contributed by atoms with Crippen LogP contribution in [0.5, 0.6) is 5.75 Å². The summed E-state index contributed by atoms with van der Waals surface area (Å²) in [6.45, 7) is 3.87. The first-order valence-electron chi connectivity index (χ1n) is 11.8. The normalized spacial score (nSPS) is 18.0. The summed E-state index contributed by atoms with van der Waals surface area (Å²) in [6, 6.07) is 0.523. The van der Waals surface area contributed by atoms with E-state index >= 15 is 0 Å². The average molecular weight is 560 g/mol. The zero-order valence-electron chi connectivity index (χ0n) is 21.9. The highest BCUT2D eigenvalue weighted by Crippen LogP contribution is 2.33. The number of ether oxygens (including phenoxy) is 1. The van der Waals surface area contributed by atoms with Crippen LogP contribution in [-0.2, 0) is 4.79 Å². The van der Waals surface area contributed by atoms with Crippen LogP contribution in [0, 0.1) is 0 Å². The molecule has 214 valence electrons. The standard InChI is InChI=1S/C26H31F6N5O2/c1-16(27)9-18(21(29)10-17(2)28)11-19(33)12-24(38)36-7-8-37(15-26(30,31)32)22(14-36)25(34-3)20-5-6-35-13-23(20)39-4/h5-6,9-10,13,19H,3,7-8,11-12,14-15,33H2,1-2,4H3/b16-9+,17-10+,21-18-,25-22-. The van der Waals surface area contributed by atoms with Crippen LogP contribution in [0.2, 0.25) is 0 Å². The number of halogens is 6. The van der Waals surface area contributed by atoms with Crippen LogP contribution in [0.1, 0.15) is 32.3 Å². The van der Waals surface area contributed by atoms with Gasteiger partial charge in [-0.25, -0.2) is 13.2 Å². The molecule has 2 N–H and O–H groups in total. The van der Waals surface area contributed by atoms with E-state index in [9.17, 15) is 31.1 Å². The first kappa shape index (κ1) is 31.6. The Balaban J connectivity index is 2.36. The lowest BCUT2D eigenvalue weighted by Crippen LogP contribution is -2.50. The van der Waals surface area contributed by atoms with E-state index in [0.29, 0.717) is 11.6 Å². The first-order valence-corrected chi connectivity index (χ1v) is 11.8. The minimum absolute atomic E-state index is 0.0482. The quantitative estimate of drug-likeness (QED) is 0.241. The van der Waals surface area contributed by atoms with E-state index in [4.69, 9.17) is 10.5 Å². The molecule has 0 aliphatic carbocycles. The molecule has 39 heavy (non-hydrogen) atoms. The van der Waals surface area contributed by atoms with Gasteiger partial charge in [0.05, 0.1) is 42.9 Å². The summed E-state index contributed by atoms with van der Waals surface area (Å²) in [5.74, 6) is -2.88. The van der Waals surface area contributed by atoms with Gasteiger partial charge in [-0.1, -0.05) is 0 Å². The minimum Gasteiger partial charge on any atom is -0.494 e. The van der Waals surface area contributed by atoms with Crippen LogP contribution in [-0.4, -0.2) is 72.9 Å². The number of alkyl halides is 3. The molecular formula is C26H31F6N5O2. The van der Waals surface area contributed by atoms with Gasteiger partial charge in [-0.2, -0.15) is 13.2 Å². The van der Waals surface area contributed by atoms with Crippen LogP contribution < -0.4 is 10.5 Å². The molecule has 0 saturated carbocycles. The molecule has 0 spiro atoms. The average Bonchev–Trinajstić information content (AvgIpc) is 2.83. The maximum Gasteiger partial charge on any atom is 0.405 e. The molecular weight excluding hydrogens is 528 g/mol. The van der Waals surface area contributed by atoms with Crippen molar-refractivity contribution in [2.75, 3.05) is 33.3 Å². The molecule has 1 saturated heterocycles. The fourth-order valence-corrected chi connectivity index (χ4v) is 4.08. The molecule has 0 bridgehead atoms. The molecule has 1 fully saturated rings. The molecule has 1 amide bonds. The second kappa shape index (κ2) is 14.0. The molecule has 1 aliphatic rings. The van der Waals surface area contributed by atoms with Crippen molar-refractivity contribution in [1.29, 1.82) is 0 Å². The molecule has 1 aromatic heterocycles. The summed E-state index contributed by atoms with van der Waals surface area (Å²) in [5.41, 5.74) is 6.33. The van der Waals surface area contributed by atoms with E-state index in [1.165, 1.54) is 30.5 Å². The Kier molecular flexibility index (Phi) is 11.3. The summed E-state index contributed by atoms with van der Waals surface area (Å²) >= 11 is 0. The number of nitrogens with two attached hydrogens (primary N) is 1. The Morgan fingerprint density at radius 3 is 2.44 bits per heavy atom. The van der Waals surface area contributed by atoms with Gasteiger partial charge in [0.1, 0.15) is 18.1 Å². The van der Waals surface area contributed by atoms with Gasteiger partial charge < -0.3 is 20.3 Å². The van der Waals surface area contributed by atoms with E-state index in [1.54, 1.807) is 0 Å². The van der Waals surface area contributed by atoms with Gasteiger partial charge in [0.15, 0.2) is 0 Å². The zero-order chi connectivity index (χ0) is 29.3. The van der Waals surface area contributed by atoms with Gasteiger partial charge in [0.2, 0.25) is 5.91 Å². The number of carbonyl (C=O) groups excluding carboxylic acids is 1. The number of hydrogen-bond acceptors (Lipinski definition) is 6. The summed E-state index contributed by atoms with van der Waals surface area (Å²) in [4.78, 5) is 23.4. The van der Waals surface area contributed by atoms with Crippen LogP contribution in [0.25, 0.3) is 5.70 Å². The van der Waals surface area contributed by atoms with Gasteiger partial charge in [-0.15, -0.1) is 0 Å². The number of rotatable bonds is 10. The predicted octanol–water partition coefficient (Wildman–Crippen LogP) is 5.24. The molecule has 1 aliphatic heterocycles. The maximum atomic E-state index is 14.4. The lowest BCUT2D eigenvalue weighted by atomic mass is 10.0. The highest BCUT2D eigenvalue weighted by Gasteiger charge is 2.36. The highest BCUT2D eigenvalue weighted by molar-refractivity contribution is 5.79. The first-order chi connectivity index (χ1) is 18.2. The van der Waals surface area contributed by atoms with E-state index in [2.05, 4.69) is 16.7 Å². The van der Waals surface area contributed by atoms with Crippen LogP contribution in [0.4, 0.5) is 26.3 Å². The van der Waals surface area contributed by atoms with Crippen LogP contribution >= 0.6 is 0 Å². The van der Waals surface area contributed by atoms with Gasteiger partial charge in [-0.05, 0) is 44.7 Å². The number of methoxy groups -OCH3 is 1. The third-order valence-electron chi connectivity index (χ3n) is 5.70. The Labute approximate surface area is 223 Å². The Bertz CT molecular complexity index is 1170. The van der Waals surface area contributed by atoms with E-state index in [1.807, 2.05) is 0 Å². The number of pyridine rings is 1. The van der Waals surface area contributed by atoms with Crippen molar-refractivity contribution >= 4 is 18.3 Å². The number of hydrogen-bond donors (Lipinski definition) is 1. The molecule has 0 aromatic carbocycles. The number of aromatic nitrogens is 1. The van der Waals surface area contributed by atoms with Crippen molar-refractivity contribution < 1.29 is 35.9 Å². The Hall–Kier alpha value is -3.61. The van der Waals surface area contributed by atoms with Crippen molar-refractivity contribution in [1.82, 2.24) is 14.8 Å². The maximum absolute atomic E-state index is 14.4. The van der Waals surface area contributed by atoms with Crippen molar-refractivity contribution in [3.8, 4) is 5.75 Å². The molecule has 7 nitrogen and oxygen atoms in total. The number of aliphatic imine (C=N–C) groups is 1. The van der Waals surface area contributed by atoms with Gasteiger partial charge in [0.25, 0.3) is 0 Å². The Morgan fingerprint density at radius 1 is 1.21 bits per heavy atom. The van der Waals surface area contributed by atoms with Gasteiger partial charge in [-0.3, -0.25) is 14.8 Å². The van der Waals surface area contributed by atoms with Crippen molar-refractivity contribution in [3.63, 3.8) is 0 Å². The van der Waals surface area contributed by atoms with Crippen LogP contribution in [0.3, 0.4) is 0 Å². The van der Waals surface area contributed by atoms with Crippen molar-refractivity contribution in [2.45, 2.75) is 38.9 Å². The monoisotopic (exact) mass is 559 g/mol. The number of carbonyl (C=O) groups is 1. The summed E-state index contributed by atoms with van der Waals surface area (Å²) in [5, 5.41) is 0. The van der Waals surface area contributed by atoms with Crippen molar-refractivity contribution in [2.24, 2.45) is 10.7 Å². The molecule has 1 aromatic rings. The number of nitrogens with zero attached hydrogens (tertiary/aromatic N) is 4. The van der Waals surface area contributed by atoms with Gasteiger partial charge >= 0.3 is 6.18 Å². The Morgan fingerprint density at radius 2 is 1.87 bits per heavy atom. The lowest BCUT2D eigenvalue weighted by molar-refractivity contribution is -0.146. The summed E-state index contributed by atoms with van der Waals surface area (Å²) < 4.78 is 86.4. The van der Waals surface area contributed by atoms with E-state index in [0.717, 1.165) is 24.8 Å². The predicted molar refractivity (Wildman–Crippen MR) is 137 cm³/mol. The van der Waals surface area contributed by atoms with Crippen molar-refractivity contribution in [3.05, 3.63) is 64.9 Å². The largest absolute Gasteiger partial charge is 0.494 e. The fraction of sp³-hybridized carbons (Fsp3) is 0.423. The van der Waals surface area contributed by atoms with Gasteiger partial charge in [0, 0.05) is 43.4 Å². The molecule has 1 unspecified atom stereocenters. The number of piperazine rings is 1. The number of amides is 1. The highest BCUT2D eigenvalue weighted by atomic mass is 19.4. The molecule has 1 atom stereocenters. The second-order valence-electron chi connectivity index (χ2n) is 8.89.